The van der Waals surface area contributed by atoms with Gasteiger partial charge >= 0.3 is 44.0 Å². The Bertz CT molecular complexity index is 1290. The van der Waals surface area contributed by atoms with Gasteiger partial charge in [0.1, 0.15) is 23.9 Å². The molecule has 20 heteroatoms. The van der Waals surface area contributed by atoms with E-state index >= 15 is 0 Å². The molecule has 1 aliphatic rings. The highest BCUT2D eigenvalue weighted by Crippen LogP contribution is 2.52. The van der Waals surface area contributed by atoms with E-state index in [1.807, 2.05) is 0 Å². The molecule has 19 nitrogen and oxygen atoms in total. The van der Waals surface area contributed by atoms with Crippen molar-refractivity contribution in [2.24, 2.45) is 23.7 Å². The van der Waals surface area contributed by atoms with Crippen LogP contribution in [0.4, 0.5) is 9.59 Å². The van der Waals surface area contributed by atoms with Crippen LogP contribution in [-0.4, -0.2) is 98.3 Å². The highest BCUT2D eigenvalue weighted by molar-refractivity contribution is 7.48. The Morgan fingerprint density at radius 3 is 1.30 bits per heavy atom. The average Bonchev–Trinajstić information content (AvgIpc) is 3.00. The Balaban J connectivity index is 3.78. The van der Waals surface area contributed by atoms with E-state index < -0.39 is 130 Å². The van der Waals surface area contributed by atoms with Crippen molar-refractivity contribution < 1.29 is 89.5 Å². The van der Waals surface area contributed by atoms with Crippen molar-refractivity contribution in [3.05, 3.63) is 0 Å². The summed E-state index contributed by atoms with van der Waals surface area (Å²) in [5, 5.41) is 0. The molecule has 1 heterocycles. The first-order valence-corrected chi connectivity index (χ1v) is 18.8. The van der Waals surface area contributed by atoms with Gasteiger partial charge in [-0.25, -0.2) is 23.2 Å². The number of phosphoric acid groups is 1. The van der Waals surface area contributed by atoms with Gasteiger partial charge in [-0.05, 0) is 41.5 Å². The lowest BCUT2D eigenvalue weighted by molar-refractivity contribution is -0.295. The molecule has 0 aliphatic carbocycles. The van der Waals surface area contributed by atoms with Crippen LogP contribution in [0.5, 0.6) is 0 Å². The van der Waals surface area contributed by atoms with Gasteiger partial charge < -0.3 is 42.6 Å². The first-order valence-electron chi connectivity index (χ1n) is 17.4. The van der Waals surface area contributed by atoms with Crippen LogP contribution in [0.25, 0.3) is 0 Å². The number of phosphoric ester groups is 1. The second-order valence-corrected chi connectivity index (χ2v) is 16.9. The lowest BCUT2D eigenvalue weighted by Gasteiger charge is -2.45. The topological polar surface area (TPSA) is 230 Å². The third-order valence-electron chi connectivity index (χ3n) is 6.41. The molecule has 0 N–H and O–H groups in total. The van der Waals surface area contributed by atoms with Gasteiger partial charge in [-0.1, -0.05) is 55.4 Å². The molecule has 0 aromatic carbocycles. The van der Waals surface area contributed by atoms with E-state index in [1.165, 1.54) is 41.5 Å². The summed E-state index contributed by atoms with van der Waals surface area (Å²) in [6, 6.07) is 0. The maximum atomic E-state index is 14.2. The Hall–Kier alpha value is -3.51. The van der Waals surface area contributed by atoms with Crippen molar-refractivity contribution in [1.29, 1.82) is 0 Å². The fraction of sp³-hybridized carbons (Fsp3) is 0.824. The van der Waals surface area contributed by atoms with Crippen molar-refractivity contribution in [3.8, 4) is 0 Å². The minimum atomic E-state index is -5.17. The molecule has 1 rings (SSSR count). The Morgan fingerprint density at radius 1 is 0.556 bits per heavy atom. The quantitative estimate of drug-likeness (QED) is 0.0755. The zero-order chi connectivity index (χ0) is 41.8. The molecule has 0 unspecified atom stereocenters. The summed E-state index contributed by atoms with van der Waals surface area (Å²) in [5.74, 6) is -6.10. The third kappa shape index (κ3) is 17.8. The SMILES string of the molecule is CC(C)C(=O)OC[C@H]1O[C@H](OP(=O)(OCOC(=O)OC(C)(C)C)OCOC(=O)OC(C)(C)C)[C@@H](OC(=O)C(C)C)[C@@H](OC(=O)C(C)C)[C@@H]1OC(=O)C(C)C. The molecule has 5 atom stereocenters. The molecular weight excluding hydrogens is 743 g/mol. The molecule has 1 aliphatic heterocycles. The average molecular weight is 801 g/mol. The number of ether oxygens (including phenoxy) is 9. The van der Waals surface area contributed by atoms with Crippen molar-refractivity contribution in [2.75, 3.05) is 20.2 Å². The molecule has 0 amide bonds. The number of carbonyl (C=O) groups excluding carboxylic acids is 6. The zero-order valence-electron chi connectivity index (χ0n) is 33.5. The summed E-state index contributed by atoms with van der Waals surface area (Å²) in [5.41, 5.74) is -1.96. The van der Waals surface area contributed by atoms with Crippen LogP contribution in [0, 0.1) is 23.7 Å². The first-order chi connectivity index (χ1) is 24.6. The maximum absolute atomic E-state index is 14.2. The Labute approximate surface area is 316 Å². The standard InChI is InChI=1S/C34H57O19P/c1-18(2)26(35)42-15-22-23(48-27(36)19(3)4)24(49-28(37)20(5)6)25(50-29(38)21(7)8)30(47-22)53-54(41,45-16-43-31(39)51-33(9,10)11)46-17-44-32(40)52-34(12,13)14/h18-25,30H,15-17H2,1-14H3/t22-,23-,24+,25+,30-/m1/s1. The summed E-state index contributed by atoms with van der Waals surface area (Å²) in [7, 11) is -5.17. The molecule has 0 aromatic heterocycles. The van der Waals surface area contributed by atoms with Gasteiger partial charge in [0.05, 0.1) is 23.7 Å². The molecule has 1 saturated heterocycles. The smallest absolute Gasteiger partial charge is 0.463 e. The number of esters is 4. The lowest BCUT2D eigenvalue weighted by atomic mass is 9.97. The number of rotatable bonds is 17. The highest BCUT2D eigenvalue weighted by atomic mass is 31.2. The van der Waals surface area contributed by atoms with Gasteiger partial charge in [-0.15, -0.1) is 0 Å². The van der Waals surface area contributed by atoms with Crippen molar-refractivity contribution in [3.63, 3.8) is 0 Å². The van der Waals surface area contributed by atoms with Crippen LogP contribution >= 0.6 is 7.82 Å². The summed E-state index contributed by atoms with van der Waals surface area (Å²) in [6.07, 6.45) is -11.3. The van der Waals surface area contributed by atoms with E-state index in [4.69, 9.17) is 56.2 Å². The van der Waals surface area contributed by atoms with Gasteiger partial charge in [0.2, 0.25) is 19.9 Å². The van der Waals surface area contributed by atoms with E-state index in [0.29, 0.717) is 0 Å². The lowest BCUT2D eigenvalue weighted by Crippen LogP contribution is -2.63. The van der Waals surface area contributed by atoms with Crippen LogP contribution in [0.15, 0.2) is 0 Å². The normalized spacial score (nSPS) is 20.7. The van der Waals surface area contributed by atoms with Crippen LogP contribution < -0.4 is 0 Å². The molecule has 54 heavy (non-hydrogen) atoms. The van der Waals surface area contributed by atoms with Gasteiger partial charge in [0.15, 0.2) is 18.3 Å². The number of hydrogen-bond acceptors (Lipinski definition) is 19. The van der Waals surface area contributed by atoms with E-state index in [0.717, 1.165) is 0 Å². The molecule has 0 saturated carbocycles. The van der Waals surface area contributed by atoms with E-state index in [-0.39, 0.29) is 0 Å². The van der Waals surface area contributed by atoms with Crippen LogP contribution in [0.2, 0.25) is 0 Å². The predicted molar refractivity (Wildman–Crippen MR) is 184 cm³/mol. The minimum Gasteiger partial charge on any atom is -0.463 e. The van der Waals surface area contributed by atoms with E-state index in [9.17, 15) is 33.3 Å². The molecular formula is C34H57O19P. The zero-order valence-corrected chi connectivity index (χ0v) is 34.4. The summed E-state index contributed by atoms with van der Waals surface area (Å²) < 4.78 is 78.6. The monoisotopic (exact) mass is 800 g/mol. The number of hydrogen-bond donors (Lipinski definition) is 0. The van der Waals surface area contributed by atoms with Crippen LogP contribution in [-0.2, 0) is 79.9 Å². The van der Waals surface area contributed by atoms with Crippen molar-refractivity contribution in [1.82, 2.24) is 0 Å². The second-order valence-electron chi connectivity index (χ2n) is 15.3. The van der Waals surface area contributed by atoms with Gasteiger partial charge in [0.25, 0.3) is 0 Å². The fourth-order valence-corrected chi connectivity index (χ4v) is 4.69. The largest absolute Gasteiger partial charge is 0.510 e. The number of carbonyl (C=O) groups is 6. The molecule has 312 valence electrons. The molecule has 0 aromatic rings. The third-order valence-corrected chi connectivity index (χ3v) is 7.72. The van der Waals surface area contributed by atoms with Crippen LogP contribution in [0.1, 0.15) is 96.9 Å². The van der Waals surface area contributed by atoms with Gasteiger partial charge in [-0.3, -0.25) is 23.7 Å². The molecule has 0 bridgehead atoms. The maximum Gasteiger partial charge on any atom is 0.510 e. The van der Waals surface area contributed by atoms with Crippen molar-refractivity contribution >= 4 is 44.0 Å². The van der Waals surface area contributed by atoms with Gasteiger partial charge in [0, 0.05) is 0 Å². The summed E-state index contributed by atoms with van der Waals surface area (Å²) in [6.45, 7) is 18.6. The predicted octanol–water partition coefficient (Wildman–Crippen LogP) is 5.59. The van der Waals surface area contributed by atoms with E-state index in [1.54, 1.807) is 55.4 Å². The second kappa shape index (κ2) is 21.0. The summed E-state index contributed by atoms with van der Waals surface area (Å²) >= 11 is 0. The van der Waals surface area contributed by atoms with E-state index in [2.05, 4.69) is 0 Å². The van der Waals surface area contributed by atoms with Crippen molar-refractivity contribution in [2.45, 2.75) is 139 Å². The van der Waals surface area contributed by atoms with Crippen LogP contribution in [0.3, 0.4) is 0 Å². The summed E-state index contributed by atoms with van der Waals surface area (Å²) in [4.78, 5) is 76.1. The van der Waals surface area contributed by atoms with Gasteiger partial charge in [-0.2, -0.15) is 0 Å². The molecule has 0 radical (unpaired) electrons. The Kier molecular flexibility index (Phi) is 18.8. The Morgan fingerprint density at radius 2 is 0.926 bits per heavy atom. The molecule has 1 fully saturated rings. The molecule has 0 spiro atoms. The minimum absolute atomic E-state index is 0.608. The highest BCUT2D eigenvalue weighted by Gasteiger charge is 2.56. The fourth-order valence-electron chi connectivity index (χ4n) is 3.70. The first kappa shape index (κ1) is 48.5.